The number of benzene rings is 2. The van der Waals surface area contributed by atoms with Gasteiger partial charge in [0.05, 0.1) is 6.04 Å². The number of rotatable bonds is 2. The van der Waals surface area contributed by atoms with Crippen LogP contribution in [0.2, 0.25) is 0 Å². The minimum absolute atomic E-state index is 0.452. The lowest BCUT2D eigenvalue weighted by molar-refractivity contribution is 0.543. The minimum Gasteiger partial charge on any atom is -0.335 e. The molecule has 1 atom stereocenters. The van der Waals surface area contributed by atoms with E-state index in [9.17, 15) is 0 Å². The highest BCUT2D eigenvalue weighted by molar-refractivity contribution is 8.14. The first-order chi connectivity index (χ1) is 9.22. The van der Waals surface area contributed by atoms with Crippen LogP contribution in [0.4, 0.5) is 5.69 Å². The van der Waals surface area contributed by atoms with Gasteiger partial charge in [-0.05, 0) is 28.8 Å². The first-order valence-electron chi connectivity index (χ1n) is 6.69. The summed E-state index contributed by atoms with van der Waals surface area (Å²) in [5.41, 5.74) is 1.12. The Kier molecular flexibility index (Phi) is 3.47. The zero-order chi connectivity index (χ0) is 13.2. The van der Waals surface area contributed by atoms with E-state index in [0.717, 1.165) is 16.6 Å². The summed E-state index contributed by atoms with van der Waals surface area (Å²) in [5.74, 6) is 1.71. The normalized spacial score (nSPS) is 18.9. The van der Waals surface area contributed by atoms with Gasteiger partial charge in [-0.1, -0.05) is 55.9 Å². The van der Waals surface area contributed by atoms with Gasteiger partial charge in [-0.2, -0.15) is 0 Å². The van der Waals surface area contributed by atoms with Gasteiger partial charge in [-0.15, -0.1) is 0 Å². The van der Waals surface area contributed by atoms with Crippen LogP contribution in [-0.2, 0) is 0 Å². The number of nitrogens with zero attached hydrogens (tertiary/aromatic N) is 1. The summed E-state index contributed by atoms with van der Waals surface area (Å²) in [4.78, 5) is 4.73. The summed E-state index contributed by atoms with van der Waals surface area (Å²) in [6.45, 7) is 4.46. The Labute approximate surface area is 118 Å². The fourth-order valence-corrected chi connectivity index (χ4v) is 3.38. The first kappa shape index (κ1) is 12.5. The van der Waals surface area contributed by atoms with Crippen LogP contribution in [0.5, 0.6) is 0 Å². The predicted octanol–water partition coefficient (Wildman–Crippen LogP) is 4.38. The van der Waals surface area contributed by atoms with Crippen molar-refractivity contribution in [1.29, 1.82) is 0 Å². The summed E-state index contributed by atoms with van der Waals surface area (Å²) in [6, 6.07) is 15.3. The van der Waals surface area contributed by atoms with Crippen LogP contribution >= 0.6 is 11.8 Å². The van der Waals surface area contributed by atoms with Crippen molar-refractivity contribution in [2.45, 2.75) is 19.9 Å². The van der Waals surface area contributed by atoms with Crippen LogP contribution in [0.15, 0.2) is 47.5 Å². The Morgan fingerprint density at radius 1 is 1.16 bits per heavy atom. The molecule has 3 heteroatoms. The van der Waals surface area contributed by atoms with Crippen molar-refractivity contribution in [3.8, 4) is 0 Å². The summed E-state index contributed by atoms with van der Waals surface area (Å²) in [7, 11) is 0. The van der Waals surface area contributed by atoms with Crippen molar-refractivity contribution < 1.29 is 0 Å². The summed E-state index contributed by atoms with van der Waals surface area (Å²) >= 11 is 1.82. The topological polar surface area (TPSA) is 24.4 Å². The number of nitrogens with one attached hydrogen (secondary N) is 1. The van der Waals surface area contributed by atoms with E-state index >= 15 is 0 Å². The number of hydrogen-bond acceptors (Lipinski definition) is 3. The lowest BCUT2D eigenvalue weighted by atomic mass is 10.1. The van der Waals surface area contributed by atoms with Crippen LogP contribution < -0.4 is 5.32 Å². The van der Waals surface area contributed by atoms with Crippen molar-refractivity contribution in [2.75, 3.05) is 11.1 Å². The van der Waals surface area contributed by atoms with Crippen LogP contribution in [-0.4, -0.2) is 17.0 Å². The number of fused-ring (bicyclic) bond motifs is 1. The van der Waals surface area contributed by atoms with Crippen LogP contribution in [0.25, 0.3) is 10.8 Å². The Balaban J connectivity index is 1.80. The second-order valence-corrected chi connectivity index (χ2v) is 6.25. The van der Waals surface area contributed by atoms with Gasteiger partial charge in [0, 0.05) is 11.4 Å². The number of amidine groups is 1. The molecule has 2 nitrogen and oxygen atoms in total. The number of thioether (sulfide) groups is 1. The molecule has 0 aromatic heterocycles. The third kappa shape index (κ3) is 2.76. The van der Waals surface area contributed by atoms with E-state index in [0.29, 0.717) is 12.0 Å². The molecule has 0 saturated heterocycles. The van der Waals surface area contributed by atoms with E-state index in [1.165, 1.54) is 10.8 Å². The Bertz CT molecular complexity index is 619. The molecule has 3 rings (SSSR count). The predicted molar refractivity (Wildman–Crippen MR) is 86.1 cm³/mol. The van der Waals surface area contributed by atoms with Crippen LogP contribution in [0, 0.1) is 5.92 Å². The van der Waals surface area contributed by atoms with Crippen molar-refractivity contribution in [2.24, 2.45) is 10.9 Å². The van der Waals surface area contributed by atoms with Gasteiger partial charge in [0.15, 0.2) is 5.17 Å². The molecular formula is C16H18N2S. The highest BCUT2D eigenvalue weighted by Gasteiger charge is 2.20. The molecule has 1 heterocycles. The molecule has 0 fully saturated rings. The molecule has 1 unspecified atom stereocenters. The van der Waals surface area contributed by atoms with Gasteiger partial charge in [0.1, 0.15) is 0 Å². The quantitative estimate of drug-likeness (QED) is 0.875. The molecular weight excluding hydrogens is 252 g/mol. The zero-order valence-corrected chi connectivity index (χ0v) is 12.1. The molecule has 19 heavy (non-hydrogen) atoms. The summed E-state index contributed by atoms with van der Waals surface area (Å²) < 4.78 is 0. The van der Waals surface area contributed by atoms with Crippen molar-refractivity contribution in [3.63, 3.8) is 0 Å². The summed E-state index contributed by atoms with van der Waals surface area (Å²) in [5, 5.41) is 7.01. The Morgan fingerprint density at radius 2 is 1.95 bits per heavy atom. The average Bonchev–Trinajstić information content (AvgIpc) is 2.87. The first-order valence-corrected chi connectivity index (χ1v) is 7.67. The number of hydrogen-bond donors (Lipinski definition) is 1. The maximum absolute atomic E-state index is 4.73. The SMILES string of the molecule is CC(C)C1CSC(Nc2ccc3ccccc3c2)=N1. The fourth-order valence-electron chi connectivity index (χ4n) is 2.19. The fraction of sp³-hybridized carbons (Fsp3) is 0.312. The van der Waals surface area contributed by atoms with E-state index in [4.69, 9.17) is 4.99 Å². The lowest BCUT2D eigenvalue weighted by Crippen LogP contribution is -2.12. The molecule has 0 spiro atoms. The highest BCUT2D eigenvalue weighted by atomic mass is 32.2. The molecule has 1 aliphatic rings. The monoisotopic (exact) mass is 270 g/mol. The molecule has 0 aliphatic carbocycles. The maximum atomic E-state index is 4.73. The van der Waals surface area contributed by atoms with E-state index < -0.39 is 0 Å². The average molecular weight is 270 g/mol. The molecule has 1 N–H and O–H groups in total. The van der Waals surface area contributed by atoms with E-state index in [2.05, 4.69) is 61.6 Å². The molecule has 2 aromatic rings. The second-order valence-electron chi connectivity index (χ2n) is 5.24. The largest absolute Gasteiger partial charge is 0.335 e. The standard InChI is InChI=1S/C16H18N2S/c1-11(2)15-10-19-16(18-15)17-14-8-7-12-5-3-4-6-13(12)9-14/h3-9,11,15H,10H2,1-2H3,(H,17,18). The van der Waals surface area contributed by atoms with Gasteiger partial charge < -0.3 is 5.32 Å². The smallest absolute Gasteiger partial charge is 0.161 e. The van der Waals surface area contributed by atoms with Gasteiger partial charge in [0.25, 0.3) is 0 Å². The minimum atomic E-state index is 0.452. The van der Waals surface area contributed by atoms with Gasteiger partial charge in [-0.3, -0.25) is 4.99 Å². The second kappa shape index (κ2) is 5.25. The molecule has 0 saturated carbocycles. The Hall–Kier alpha value is -1.48. The highest BCUT2D eigenvalue weighted by Crippen LogP contribution is 2.25. The molecule has 0 radical (unpaired) electrons. The Morgan fingerprint density at radius 3 is 2.68 bits per heavy atom. The molecule has 0 amide bonds. The van der Waals surface area contributed by atoms with Crippen LogP contribution in [0.1, 0.15) is 13.8 Å². The third-order valence-corrected chi connectivity index (χ3v) is 4.43. The van der Waals surface area contributed by atoms with E-state index in [1.54, 1.807) is 0 Å². The molecule has 0 bridgehead atoms. The van der Waals surface area contributed by atoms with Gasteiger partial charge in [-0.25, -0.2) is 0 Å². The van der Waals surface area contributed by atoms with Crippen LogP contribution in [0.3, 0.4) is 0 Å². The van der Waals surface area contributed by atoms with E-state index in [-0.39, 0.29) is 0 Å². The maximum Gasteiger partial charge on any atom is 0.161 e. The number of aliphatic imine (C=N–C) groups is 1. The van der Waals surface area contributed by atoms with Crippen molar-refractivity contribution >= 4 is 33.4 Å². The van der Waals surface area contributed by atoms with Crippen molar-refractivity contribution in [1.82, 2.24) is 0 Å². The van der Waals surface area contributed by atoms with Gasteiger partial charge >= 0.3 is 0 Å². The molecule has 98 valence electrons. The van der Waals surface area contributed by atoms with Crippen molar-refractivity contribution in [3.05, 3.63) is 42.5 Å². The lowest BCUT2D eigenvalue weighted by Gasteiger charge is -2.08. The zero-order valence-electron chi connectivity index (χ0n) is 11.3. The number of anilines is 1. The molecule has 2 aromatic carbocycles. The van der Waals surface area contributed by atoms with E-state index in [1.807, 2.05) is 11.8 Å². The molecule has 1 aliphatic heterocycles. The summed E-state index contributed by atoms with van der Waals surface area (Å²) in [6.07, 6.45) is 0. The van der Waals surface area contributed by atoms with Gasteiger partial charge in [0.2, 0.25) is 0 Å². The third-order valence-electron chi connectivity index (χ3n) is 3.44.